The first-order chi connectivity index (χ1) is 10.5. The van der Waals surface area contributed by atoms with E-state index in [1.807, 2.05) is 27.7 Å². The largest absolute Gasteiger partial charge is 0.508 e. The molecule has 1 atom stereocenters. The lowest BCUT2D eigenvalue weighted by molar-refractivity contribution is -0.700. The maximum absolute atomic E-state index is 10.8. The number of aromatic hydroxyl groups is 1. The summed E-state index contributed by atoms with van der Waals surface area (Å²) in [7, 11) is 0. The van der Waals surface area contributed by atoms with E-state index < -0.39 is 6.10 Å². The summed E-state index contributed by atoms with van der Waals surface area (Å²) in [4.78, 5) is 0. The van der Waals surface area contributed by atoms with E-state index in [0.717, 1.165) is 16.7 Å². The fraction of sp³-hybridized carbons (Fsp3) is 0.526. The van der Waals surface area contributed by atoms with Crippen molar-refractivity contribution in [2.24, 2.45) is 0 Å². The summed E-state index contributed by atoms with van der Waals surface area (Å²) >= 11 is 1.61. The van der Waals surface area contributed by atoms with Crippen LogP contribution >= 0.6 is 11.3 Å². The lowest BCUT2D eigenvalue weighted by Gasteiger charge is -2.33. The zero-order valence-corrected chi connectivity index (χ0v) is 15.7. The van der Waals surface area contributed by atoms with Crippen molar-refractivity contribution in [2.45, 2.75) is 65.0 Å². The molecule has 0 bridgehead atoms. The van der Waals surface area contributed by atoms with Crippen molar-refractivity contribution < 1.29 is 14.8 Å². The highest BCUT2D eigenvalue weighted by Crippen LogP contribution is 2.43. The maximum Gasteiger partial charge on any atom is 0.224 e. The molecular weight excluding hydrogens is 306 g/mol. The van der Waals surface area contributed by atoms with Gasteiger partial charge in [0.15, 0.2) is 12.7 Å². The normalized spacial score (nSPS) is 14.0. The first kappa shape index (κ1) is 18.0. The molecule has 0 saturated heterocycles. The Hall–Kier alpha value is -1.39. The average Bonchev–Trinajstić information content (AvgIpc) is 2.88. The summed E-state index contributed by atoms with van der Waals surface area (Å²) in [5, 5.41) is 23.3. The molecule has 126 valence electrons. The fourth-order valence-electron chi connectivity index (χ4n) is 3.12. The number of nitrogens with zero attached hydrogens (tertiary/aromatic N) is 1. The van der Waals surface area contributed by atoms with Crippen molar-refractivity contribution >= 4 is 11.3 Å². The van der Waals surface area contributed by atoms with Gasteiger partial charge < -0.3 is 10.2 Å². The maximum atomic E-state index is 10.8. The van der Waals surface area contributed by atoms with E-state index >= 15 is 0 Å². The van der Waals surface area contributed by atoms with Crippen molar-refractivity contribution in [1.82, 2.24) is 0 Å². The van der Waals surface area contributed by atoms with Gasteiger partial charge in [0.25, 0.3) is 0 Å². The predicted octanol–water partition coefficient (Wildman–Crippen LogP) is 4.07. The highest BCUT2D eigenvalue weighted by Gasteiger charge is 2.33. The van der Waals surface area contributed by atoms with Crippen LogP contribution in [0.3, 0.4) is 0 Å². The number of aromatic nitrogens is 1. The molecule has 0 spiro atoms. The van der Waals surface area contributed by atoms with Gasteiger partial charge >= 0.3 is 0 Å². The highest BCUT2D eigenvalue weighted by atomic mass is 32.1. The molecule has 1 heterocycles. The van der Waals surface area contributed by atoms with Gasteiger partial charge in [0.1, 0.15) is 11.9 Å². The Labute approximate surface area is 143 Å². The molecule has 0 aliphatic heterocycles. The van der Waals surface area contributed by atoms with Crippen molar-refractivity contribution in [3.63, 3.8) is 0 Å². The monoisotopic (exact) mass is 334 g/mol. The summed E-state index contributed by atoms with van der Waals surface area (Å²) in [5.41, 5.74) is 4.50. The molecule has 1 aromatic heterocycles. The molecule has 1 unspecified atom stereocenters. The summed E-state index contributed by atoms with van der Waals surface area (Å²) in [6.07, 6.45) is 1.36. The zero-order valence-electron chi connectivity index (χ0n) is 14.9. The number of thiazole rings is 1. The minimum atomic E-state index is -0.606. The molecule has 0 amide bonds. The van der Waals surface area contributed by atoms with Gasteiger partial charge in [-0.3, -0.25) is 0 Å². The summed E-state index contributed by atoms with van der Waals surface area (Å²) in [5.74, 6) is 0.307. The van der Waals surface area contributed by atoms with Crippen LogP contribution in [0.5, 0.6) is 5.75 Å². The van der Waals surface area contributed by atoms with Crippen LogP contribution < -0.4 is 4.57 Å². The van der Waals surface area contributed by atoms with Crippen LogP contribution in [-0.2, 0) is 17.4 Å². The van der Waals surface area contributed by atoms with Crippen LogP contribution in [0.25, 0.3) is 0 Å². The van der Waals surface area contributed by atoms with Gasteiger partial charge in [-0.15, -0.1) is 0 Å². The number of benzene rings is 1. The number of aliphatic hydroxyl groups excluding tert-OH is 1. The molecule has 23 heavy (non-hydrogen) atoms. The molecule has 0 radical (unpaired) electrons. The van der Waals surface area contributed by atoms with Crippen molar-refractivity contribution in [1.29, 1.82) is 0 Å². The molecular formula is C19H28NO2S+. The Bertz CT molecular complexity index is 664. The van der Waals surface area contributed by atoms with Crippen molar-refractivity contribution in [2.75, 3.05) is 0 Å². The van der Waals surface area contributed by atoms with Crippen molar-refractivity contribution in [3.8, 4) is 5.75 Å². The van der Waals surface area contributed by atoms with E-state index in [1.165, 1.54) is 0 Å². The number of hydrogen-bond acceptors (Lipinski definition) is 3. The molecule has 4 heteroatoms. The minimum Gasteiger partial charge on any atom is -0.508 e. The molecule has 1 aromatic carbocycles. The highest BCUT2D eigenvalue weighted by molar-refractivity contribution is 7.07. The lowest BCUT2D eigenvalue weighted by atomic mass is 9.72. The Kier molecular flexibility index (Phi) is 4.88. The third-order valence-electron chi connectivity index (χ3n) is 3.99. The smallest absolute Gasteiger partial charge is 0.224 e. The molecule has 0 aliphatic rings. The molecule has 2 rings (SSSR count). The second kappa shape index (κ2) is 6.25. The van der Waals surface area contributed by atoms with E-state index in [2.05, 4.69) is 41.5 Å². The Morgan fingerprint density at radius 2 is 1.65 bits per heavy atom. The third kappa shape index (κ3) is 3.93. The van der Waals surface area contributed by atoms with Gasteiger partial charge in [-0.2, -0.15) is 4.57 Å². The molecule has 0 fully saturated rings. The molecule has 0 saturated carbocycles. The van der Waals surface area contributed by atoms with Crippen LogP contribution in [0.15, 0.2) is 29.2 Å². The fourth-order valence-corrected chi connectivity index (χ4v) is 3.73. The second-order valence-electron chi connectivity index (χ2n) is 8.16. The van der Waals surface area contributed by atoms with Gasteiger partial charge in [-0.05, 0) is 28.0 Å². The quantitative estimate of drug-likeness (QED) is 0.831. The third-order valence-corrected chi connectivity index (χ3v) is 4.66. The predicted molar refractivity (Wildman–Crippen MR) is 95.0 cm³/mol. The number of rotatable bonds is 3. The van der Waals surface area contributed by atoms with E-state index in [0.29, 0.717) is 12.3 Å². The van der Waals surface area contributed by atoms with Gasteiger partial charge in [0.2, 0.25) is 5.51 Å². The van der Waals surface area contributed by atoms with Crippen molar-refractivity contribution in [3.05, 3.63) is 45.9 Å². The molecule has 0 aliphatic carbocycles. The van der Waals surface area contributed by atoms with Gasteiger partial charge in [-0.1, -0.05) is 58.9 Å². The number of phenols is 1. The van der Waals surface area contributed by atoms with E-state index in [1.54, 1.807) is 17.4 Å². The topological polar surface area (TPSA) is 44.3 Å². The van der Waals surface area contributed by atoms with E-state index in [9.17, 15) is 10.2 Å². The summed E-state index contributed by atoms with van der Waals surface area (Å²) in [6, 6.07) is 3.58. The van der Waals surface area contributed by atoms with Crippen LogP contribution in [0.2, 0.25) is 0 Å². The first-order valence-corrected chi connectivity index (χ1v) is 8.92. The van der Waals surface area contributed by atoms with E-state index in [-0.39, 0.29) is 10.8 Å². The summed E-state index contributed by atoms with van der Waals surface area (Å²) in [6.45, 7) is 13.2. The molecule has 2 aromatic rings. The number of phenolic OH excluding ortho intramolecular Hbond substituents is 1. The number of aliphatic hydroxyl groups is 1. The Morgan fingerprint density at radius 1 is 1.04 bits per heavy atom. The van der Waals surface area contributed by atoms with Gasteiger partial charge in [0.05, 0.1) is 5.38 Å². The van der Waals surface area contributed by atoms with Crippen LogP contribution in [0, 0.1) is 0 Å². The molecule has 2 N–H and O–H groups in total. The van der Waals surface area contributed by atoms with Gasteiger partial charge in [-0.25, -0.2) is 0 Å². The minimum absolute atomic E-state index is 0.170. The van der Waals surface area contributed by atoms with Crippen LogP contribution in [0.4, 0.5) is 0 Å². The Balaban J connectivity index is 2.59. The SMILES string of the molecule is CC(C)(C)c1c(O)ccc(C(O)C[n+]2ccsc2)c1C(C)(C)C. The zero-order chi connectivity index (χ0) is 17.4. The first-order valence-electron chi connectivity index (χ1n) is 7.98. The number of hydrogen-bond donors (Lipinski definition) is 2. The standard InChI is InChI=1S/C19H27NO2S/c1-18(2,3)16-13(15(22)11-20-9-10-23-12-20)7-8-14(21)17(16)19(4,5)6/h7-10,12,15,22H,11H2,1-6H3/p+1. The lowest BCUT2D eigenvalue weighted by Crippen LogP contribution is -2.35. The van der Waals surface area contributed by atoms with Crippen LogP contribution in [0.1, 0.15) is 64.3 Å². The second-order valence-corrected chi connectivity index (χ2v) is 8.92. The summed E-state index contributed by atoms with van der Waals surface area (Å²) < 4.78 is 1.99. The van der Waals surface area contributed by atoms with E-state index in [4.69, 9.17) is 0 Å². The average molecular weight is 335 g/mol. The Morgan fingerprint density at radius 3 is 2.13 bits per heavy atom. The van der Waals surface area contributed by atoms with Gasteiger partial charge in [0, 0.05) is 5.56 Å². The molecule has 3 nitrogen and oxygen atoms in total. The van der Waals surface area contributed by atoms with Crippen LogP contribution in [-0.4, -0.2) is 10.2 Å².